The fraction of sp³-hybridized carbons (Fsp3) is 0.889. The summed E-state index contributed by atoms with van der Waals surface area (Å²) < 4.78 is 11.2. The van der Waals surface area contributed by atoms with Crippen molar-refractivity contribution >= 4 is 12.1 Å². The Morgan fingerprint density at radius 2 is 1.80 bits per heavy atom. The van der Waals surface area contributed by atoms with E-state index in [9.17, 15) is 9.59 Å². The molecule has 0 aliphatic carbocycles. The zero-order chi connectivity index (χ0) is 18.4. The van der Waals surface area contributed by atoms with Gasteiger partial charge in [0.05, 0.1) is 12.6 Å². The number of carboxylic acids is 1. The van der Waals surface area contributed by atoms with Crippen molar-refractivity contribution in [3.63, 3.8) is 0 Å². The molecule has 7 nitrogen and oxygen atoms in total. The number of carbonyl (C=O) groups is 2. The van der Waals surface area contributed by atoms with Crippen molar-refractivity contribution in [2.75, 3.05) is 39.3 Å². The van der Waals surface area contributed by atoms with Gasteiger partial charge in [-0.3, -0.25) is 9.69 Å². The highest BCUT2D eigenvalue weighted by atomic mass is 16.6. The van der Waals surface area contributed by atoms with Crippen LogP contribution in [0.15, 0.2) is 0 Å². The highest BCUT2D eigenvalue weighted by Crippen LogP contribution is 2.23. The molecule has 0 atom stereocenters. The summed E-state index contributed by atoms with van der Waals surface area (Å²) >= 11 is 0. The molecular weight excluding hydrogens is 324 g/mol. The van der Waals surface area contributed by atoms with Gasteiger partial charge in [-0.15, -0.1) is 0 Å². The number of aliphatic carboxylic acids is 1. The summed E-state index contributed by atoms with van der Waals surface area (Å²) in [5.74, 6) is -0.136. The minimum Gasteiger partial charge on any atom is -0.480 e. The van der Waals surface area contributed by atoms with E-state index >= 15 is 0 Å². The van der Waals surface area contributed by atoms with Crippen LogP contribution >= 0.6 is 0 Å². The molecule has 0 spiro atoms. The number of hydrogen-bond acceptors (Lipinski definition) is 5. The first-order valence-electron chi connectivity index (χ1n) is 9.26. The van der Waals surface area contributed by atoms with Crippen molar-refractivity contribution in [1.82, 2.24) is 9.80 Å². The summed E-state index contributed by atoms with van der Waals surface area (Å²) in [5, 5.41) is 8.69. The second kappa shape index (κ2) is 8.85. The number of likely N-dealkylation sites (tertiary alicyclic amines) is 2. The van der Waals surface area contributed by atoms with Crippen LogP contribution in [-0.2, 0) is 14.3 Å². The maximum atomic E-state index is 12.0. The van der Waals surface area contributed by atoms with Gasteiger partial charge in [0, 0.05) is 32.8 Å². The molecule has 0 bridgehead atoms. The van der Waals surface area contributed by atoms with Gasteiger partial charge in [0.25, 0.3) is 0 Å². The van der Waals surface area contributed by atoms with Crippen LogP contribution in [0.4, 0.5) is 4.79 Å². The van der Waals surface area contributed by atoms with E-state index in [2.05, 4.69) is 0 Å². The summed E-state index contributed by atoms with van der Waals surface area (Å²) in [4.78, 5) is 26.3. The van der Waals surface area contributed by atoms with Gasteiger partial charge in [-0.05, 0) is 52.4 Å². The third kappa shape index (κ3) is 7.20. The number of carbonyl (C=O) groups excluding carboxylic acids is 1. The standard InChI is InChI=1S/C18H32N2O5/c1-18(2,3)25-17(23)20-8-6-14(7-9-20)5-4-10-24-15-11-19(12-15)13-16(21)22/h14-15H,4-13H2,1-3H3,(H,21,22). The van der Waals surface area contributed by atoms with Gasteiger partial charge in [0.1, 0.15) is 5.60 Å². The van der Waals surface area contributed by atoms with Crippen LogP contribution < -0.4 is 0 Å². The summed E-state index contributed by atoms with van der Waals surface area (Å²) in [6.07, 6.45) is 4.17. The molecular formula is C18H32N2O5. The zero-order valence-electron chi connectivity index (χ0n) is 15.7. The van der Waals surface area contributed by atoms with Crippen LogP contribution in [-0.4, -0.2) is 78.0 Å². The molecule has 0 radical (unpaired) electrons. The molecule has 1 amide bonds. The predicted octanol–water partition coefficient (Wildman–Crippen LogP) is 2.20. The van der Waals surface area contributed by atoms with Crippen molar-refractivity contribution < 1.29 is 24.2 Å². The topological polar surface area (TPSA) is 79.3 Å². The second-order valence-corrected chi connectivity index (χ2v) is 8.13. The molecule has 2 aliphatic rings. The largest absolute Gasteiger partial charge is 0.480 e. The highest BCUT2D eigenvalue weighted by molar-refractivity contribution is 5.69. The minimum atomic E-state index is -0.781. The van der Waals surface area contributed by atoms with Gasteiger partial charge >= 0.3 is 12.1 Å². The molecule has 1 N–H and O–H groups in total. The predicted molar refractivity (Wildman–Crippen MR) is 93.6 cm³/mol. The maximum Gasteiger partial charge on any atom is 0.410 e. The van der Waals surface area contributed by atoms with E-state index in [4.69, 9.17) is 14.6 Å². The van der Waals surface area contributed by atoms with E-state index in [1.165, 1.54) is 0 Å². The van der Waals surface area contributed by atoms with E-state index in [1.54, 1.807) is 0 Å². The quantitative estimate of drug-likeness (QED) is 0.705. The number of carboxylic acid groups (broad SMARTS) is 1. The molecule has 0 saturated carbocycles. The maximum absolute atomic E-state index is 12.0. The average Bonchev–Trinajstić information content (AvgIpc) is 2.47. The molecule has 7 heteroatoms. The van der Waals surface area contributed by atoms with E-state index in [1.807, 2.05) is 30.6 Å². The smallest absolute Gasteiger partial charge is 0.410 e. The van der Waals surface area contributed by atoms with E-state index in [0.717, 1.165) is 58.5 Å². The average molecular weight is 356 g/mol. The van der Waals surface area contributed by atoms with Gasteiger partial charge < -0.3 is 19.5 Å². The molecule has 2 saturated heterocycles. The van der Waals surface area contributed by atoms with Gasteiger partial charge in [0.2, 0.25) is 0 Å². The Morgan fingerprint density at radius 3 is 2.36 bits per heavy atom. The number of ether oxygens (including phenoxy) is 2. The normalized spacial score (nSPS) is 20.4. The Morgan fingerprint density at radius 1 is 1.16 bits per heavy atom. The van der Waals surface area contributed by atoms with Crippen LogP contribution in [0.25, 0.3) is 0 Å². The number of rotatable bonds is 7. The monoisotopic (exact) mass is 356 g/mol. The van der Waals surface area contributed by atoms with E-state index in [0.29, 0.717) is 5.92 Å². The zero-order valence-corrected chi connectivity index (χ0v) is 15.7. The fourth-order valence-corrected chi connectivity index (χ4v) is 3.30. The molecule has 2 rings (SSSR count). The minimum absolute atomic E-state index is 0.107. The van der Waals surface area contributed by atoms with Gasteiger partial charge in [-0.2, -0.15) is 0 Å². The third-order valence-corrected chi connectivity index (χ3v) is 4.66. The third-order valence-electron chi connectivity index (χ3n) is 4.66. The lowest BCUT2D eigenvalue weighted by molar-refractivity contribution is -0.142. The Hall–Kier alpha value is -1.34. The van der Waals surface area contributed by atoms with Crippen molar-refractivity contribution in [3.8, 4) is 0 Å². The van der Waals surface area contributed by atoms with E-state index < -0.39 is 11.6 Å². The lowest BCUT2D eigenvalue weighted by Crippen LogP contribution is -2.53. The van der Waals surface area contributed by atoms with Gasteiger partial charge in [-0.1, -0.05) is 0 Å². The molecule has 0 unspecified atom stereocenters. The lowest BCUT2D eigenvalue weighted by atomic mass is 9.92. The van der Waals surface area contributed by atoms with Crippen LogP contribution in [0.3, 0.4) is 0 Å². The Kier molecular flexibility index (Phi) is 7.07. The Bertz CT molecular complexity index is 449. The summed E-state index contributed by atoms with van der Waals surface area (Å²) in [5.41, 5.74) is -0.438. The Labute approximate surface area is 150 Å². The highest BCUT2D eigenvalue weighted by Gasteiger charge is 2.29. The lowest BCUT2D eigenvalue weighted by Gasteiger charge is -2.38. The summed E-state index contributed by atoms with van der Waals surface area (Å²) in [7, 11) is 0. The SMILES string of the molecule is CC(C)(C)OC(=O)N1CCC(CCCOC2CN(CC(=O)O)C2)CC1. The van der Waals surface area contributed by atoms with Crippen LogP contribution in [0.5, 0.6) is 0 Å². The number of amides is 1. The molecule has 25 heavy (non-hydrogen) atoms. The fourth-order valence-electron chi connectivity index (χ4n) is 3.30. The van der Waals surface area contributed by atoms with Crippen LogP contribution in [0, 0.1) is 5.92 Å². The van der Waals surface area contributed by atoms with Crippen molar-refractivity contribution in [2.45, 2.75) is 58.2 Å². The van der Waals surface area contributed by atoms with Crippen molar-refractivity contribution in [1.29, 1.82) is 0 Å². The molecule has 0 aromatic carbocycles. The first-order valence-corrected chi connectivity index (χ1v) is 9.26. The first-order chi connectivity index (χ1) is 11.7. The summed E-state index contributed by atoms with van der Waals surface area (Å²) in [6.45, 7) is 9.50. The molecule has 0 aromatic heterocycles. The second-order valence-electron chi connectivity index (χ2n) is 8.13. The molecule has 2 fully saturated rings. The summed E-state index contributed by atoms with van der Waals surface area (Å²) in [6, 6.07) is 0. The van der Waals surface area contributed by atoms with Gasteiger partial charge in [0.15, 0.2) is 0 Å². The molecule has 0 aromatic rings. The molecule has 2 aliphatic heterocycles. The van der Waals surface area contributed by atoms with Crippen LogP contribution in [0.2, 0.25) is 0 Å². The number of nitrogens with zero attached hydrogens (tertiary/aromatic N) is 2. The van der Waals surface area contributed by atoms with Crippen molar-refractivity contribution in [2.24, 2.45) is 5.92 Å². The number of hydrogen-bond donors (Lipinski definition) is 1. The molecule has 2 heterocycles. The van der Waals surface area contributed by atoms with Crippen LogP contribution in [0.1, 0.15) is 46.5 Å². The van der Waals surface area contributed by atoms with Gasteiger partial charge in [-0.25, -0.2) is 4.79 Å². The Balaban J connectivity index is 1.50. The molecule has 144 valence electrons. The number of piperidine rings is 1. The van der Waals surface area contributed by atoms with E-state index in [-0.39, 0.29) is 18.7 Å². The van der Waals surface area contributed by atoms with Crippen molar-refractivity contribution in [3.05, 3.63) is 0 Å². The first kappa shape index (κ1) is 20.0.